The molecule has 2 aromatic carbocycles. The number of aromatic nitrogens is 2. The van der Waals surface area contributed by atoms with Crippen molar-refractivity contribution in [3.63, 3.8) is 0 Å². The molecule has 1 aromatic heterocycles. The van der Waals surface area contributed by atoms with Gasteiger partial charge in [-0.1, -0.05) is 67.6 Å². The van der Waals surface area contributed by atoms with E-state index in [0.29, 0.717) is 31.7 Å². The molecule has 46 heavy (non-hydrogen) atoms. The minimum atomic E-state index is -0.942. The van der Waals surface area contributed by atoms with Crippen LogP contribution in [0.15, 0.2) is 73.1 Å². The van der Waals surface area contributed by atoms with E-state index in [1.54, 1.807) is 28.9 Å². The highest BCUT2D eigenvalue weighted by Gasteiger charge is 2.61. The lowest BCUT2D eigenvalue weighted by Crippen LogP contribution is -2.66. The monoisotopic (exact) mass is 626 g/mol. The lowest BCUT2D eigenvalue weighted by Gasteiger charge is -2.51. The summed E-state index contributed by atoms with van der Waals surface area (Å²) >= 11 is 0. The van der Waals surface area contributed by atoms with Gasteiger partial charge in [0.15, 0.2) is 0 Å². The predicted octanol–water partition coefficient (Wildman–Crippen LogP) is 2.47. The summed E-state index contributed by atoms with van der Waals surface area (Å²) in [6.07, 6.45) is 4.40. The molecule has 2 saturated heterocycles. The average Bonchev–Trinajstić information content (AvgIpc) is 3.44. The molecule has 3 aromatic rings. The average molecular weight is 627 g/mol. The van der Waals surface area contributed by atoms with Gasteiger partial charge in [-0.2, -0.15) is 5.10 Å². The number of rotatable bonds is 11. The highest BCUT2D eigenvalue weighted by molar-refractivity contribution is 5.96. The van der Waals surface area contributed by atoms with Crippen molar-refractivity contribution in [3.8, 4) is 0 Å². The van der Waals surface area contributed by atoms with Crippen LogP contribution in [0.2, 0.25) is 0 Å². The minimum absolute atomic E-state index is 0.107. The molecule has 6 rings (SSSR count). The van der Waals surface area contributed by atoms with Crippen molar-refractivity contribution >= 4 is 23.6 Å². The topological polar surface area (TPSA) is 126 Å². The molecular weight excluding hydrogens is 584 g/mol. The van der Waals surface area contributed by atoms with Gasteiger partial charge in [-0.05, 0) is 30.9 Å². The number of carbonyl (C=O) groups excluding carboxylic acids is 4. The van der Waals surface area contributed by atoms with E-state index in [2.05, 4.69) is 15.7 Å². The minimum Gasteiger partial charge on any atom is -0.371 e. The van der Waals surface area contributed by atoms with E-state index in [9.17, 15) is 19.2 Å². The molecule has 242 valence electrons. The maximum absolute atomic E-state index is 14.1. The normalized spacial score (nSPS) is 20.5. The van der Waals surface area contributed by atoms with Crippen LogP contribution in [0.3, 0.4) is 0 Å². The van der Waals surface area contributed by atoms with Gasteiger partial charge in [0.1, 0.15) is 6.04 Å². The molecule has 11 nitrogen and oxygen atoms in total. The largest absolute Gasteiger partial charge is 0.371 e. The second-order valence-electron chi connectivity index (χ2n) is 13.3. The van der Waals surface area contributed by atoms with Gasteiger partial charge >= 0.3 is 0 Å². The fourth-order valence-electron chi connectivity index (χ4n) is 6.66. The number of nitrogens with one attached hydrogen (secondary N) is 2. The van der Waals surface area contributed by atoms with E-state index in [1.165, 1.54) is 7.05 Å². The Morgan fingerprint density at radius 3 is 2.22 bits per heavy atom. The molecule has 0 radical (unpaired) electrons. The predicted molar refractivity (Wildman–Crippen MR) is 170 cm³/mol. The fraction of sp³-hybridized carbons (Fsp3) is 0.457. The molecule has 0 bridgehead atoms. The van der Waals surface area contributed by atoms with Crippen molar-refractivity contribution in [1.82, 2.24) is 30.2 Å². The van der Waals surface area contributed by atoms with Crippen LogP contribution in [0, 0.1) is 16.7 Å². The lowest BCUT2D eigenvalue weighted by atomic mass is 9.70. The van der Waals surface area contributed by atoms with Gasteiger partial charge in [0, 0.05) is 50.3 Å². The number of ether oxygens (including phenoxy) is 1. The Labute approximate surface area is 269 Å². The maximum Gasteiger partial charge on any atom is 0.257 e. The van der Waals surface area contributed by atoms with E-state index >= 15 is 0 Å². The van der Waals surface area contributed by atoms with Crippen LogP contribution in [0.4, 0.5) is 0 Å². The first kappa shape index (κ1) is 31.5. The maximum atomic E-state index is 14.1. The van der Waals surface area contributed by atoms with E-state index in [4.69, 9.17) is 4.74 Å². The van der Waals surface area contributed by atoms with Crippen LogP contribution in [-0.4, -0.2) is 88.6 Å². The van der Waals surface area contributed by atoms with Gasteiger partial charge in [0.05, 0.1) is 36.9 Å². The van der Waals surface area contributed by atoms with Gasteiger partial charge in [0.25, 0.3) is 5.91 Å². The zero-order valence-electron chi connectivity index (χ0n) is 26.6. The van der Waals surface area contributed by atoms with Crippen LogP contribution in [0.5, 0.6) is 0 Å². The Hall–Kier alpha value is -4.51. The molecule has 1 saturated carbocycles. The van der Waals surface area contributed by atoms with Crippen molar-refractivity contribution in [1.29, 1.82) is 0 Å². The van der Waals surface area contributed by atoms with Crippen molar-refractivity contribution in [2.75, 3.05) is 33.2 Å². The molecule has 3 fully saturated rings. The van der Waals surface area contributed by atoms with Gasteiger partial charge < -0.3 is 25.2 Å². The van der Waals surface area contributed by atoms with E-state index in [-0.39, 0.29) is 42.2 Å². The summed E-state index contributed by atoms with van der Waals surface area (Å²) in [5, 5.41) is 10.00. The Morgan fingerprint density at radius 1 is 0.957 bits per heavy atom. The Morgan fingerprint density at radius 2 is 1.59 bits per heavy atom. The molecule has 3 heterocycles. The third-order valence-electron chi connectivity index (χ3n) is 9.79. The van der Waals surface area contributed by atoms with Gasteiger partial charge in [0.2, 0.25) is 17.7 Å². The molecule has 11 heteroatoms. The Balaban J connectivity index is 1.18. The second-order valence-corrected chi connectivity index (χ2v) is 13.3. The molecule has 3 atom stereocenters. The molecule has 0 unspecified atom stereocenters. The first-order valence-corrected chi connectivity index (χ1v) is 15.9. The summed E-state index contributed by atoms with van der Waals surface area (Å²) in [7, 11) is 1.52. The number of amides is 4. The molecule has 3 aliphatic rings. The van der Waals surface area contributed by atoms with Crippen molar-refractivity contribution < 1.29 is 23.9 Å². The van der Waals surface area contributed by atoms with Crippen molar-refractivity contribution in [2.24, 2.45) is 16.7 Å². The van der Waals surface area contributed by atoms with E-state index in [0.717, 1.165) is 24.0 Å². The van der Waals surface area contributed by atoms with Crippen molar-refractivity contribution in [3.05, 3.63) is 89.7 Å². The van der Waals surface area contributed by atoms with Gasteiger partial charge in [-0.3, -0.25) is 23.9 Å². The van der Waals surface area contributed by atoms with Crippen molar-refractivity contribution in [2.45, 2.75) is 52.0 Å². The molecule has 1 spiro atoms. The van der Waals surface area contributed by atoms with Crippen LogP contribution in [0.25, 0.3) is 0 Å². The summed E-state index contributed by atoms with van der Waals surface area (Å²) in [6.45, 7) is 5.84. The molecule has 2 aliphatic heterocycles. The number of likely N-dealkylation sites (N-methyl/N-ethyl adjacent to an activating group) is 1. The summed E-state index contributed by atoms with van der Waals surface area (Å²) in [5.74, 6) is -1.42. The summed E-state index contributed by atoms with van der Waals surface area (Å²) < 4.78 is 7.75. The third-order valence-corrected chi connectivity index (χ3v) is 9.79. The Kier molecular flexibility index (Phi) is 8.69. The second kappa shape index (κ2) is 12.7. The quantitative estimate of drug-likeness (QED) is 0.337. The van der Waals surface area contributed by atoms with Gasteiger partial charge in [-0.15, -0.1) is 0 Å². The molecule has 2 N–H and O–H groups in total. The summed E-state index contributed by atoms with van der Waals surface area (Å²) in [6, 6.07) is 18.6. The van der Waals surface area contributed by atoms with E-state index in [1.807, 2.05) is 72.5 Å². The third kappa shape index (κ3) is 6.42. The number of benzene rings is 2. The number of nitrogens with zero attached hydrogens (tertiary/aromatic N) is 4. The highest BCUT2D eigenvalue weighted by atomic mass is 16.5. The smallest absolute Gasteiger partial charge is 0.257 e. The number of likely N-dealkylation sites (tertiary alicyclic amines) is 2. The highest BCUT2D eigenvalue weighted by Crippen LogP contribution is 2.51. The summed E-state index contributed by atoms with van der Waals surface area (Å²) in [4.78, 5) is 57.5. The summed E-state index contributed by atoms with van der Waals surface area (Å²) in [5.41, 5.74) is 1.53. The zero-order chi connectivity index (χ0) is 32.5. The van der Waals surface area contributed by atoms with Crippen LogP contribution >= 0.6 is 0 Å². The Bertz CT molecular complexity index is 1580. The molecule has 1 aliphatic carbocycles. The van der Waals surface area contributed by atoms with Gasteiger partial charge in [-0.25, -0.2) is 0 Å². The van der Waals surface area contributed by atoms with Crippen LogP contribution in [-0.2, 0) is 32.3 Å². The number of carbonyl (C=O) groups is 4. The molecule has 4 amide bonds. The lowest BCUT2D eigenvalue weighted by molar-refractivity contribution is -0.154. The fourth-order valence-corrected chi connectivity index (χ4v) is 6.66. The van der Waals surface area contributed by atoms with Crippen LogP contribution < -0.4 is 10.6 Å². The number of hydrogen-bond acceptors (Lipinski definition) is 6. The van der Waals surface area contributed by atoms with Crippen LogP contribution in [0.1, 0.15) is 48.2 Å². The number of hydrogen-bond donors (Lipinski definition) is 2. The van der Waals surface area contributed by atoms with E-state index < -0.39 is 23.5 Å². The standard InChI is InChI=1S/C35H42N6O5/c1-24(46-20-26-12-8-5-9-13-26)29(31(43)36-3)38-30(42)28-19-39(21-35(28)22-40(23-35)33(45)34(2)14-15-34)32(44)27-16-37-41(18-27)17-25-10-6-4-7-11-25/h4-13,16,18,24,28-29H,14-15,17,19-23H2,1-3H3,(H,36,43)(H,38,42)/t24-,28-,29+/m1/s1. The SMILES string of the molecule is CNC(=O)[C@@H](NC(=O)[C@H]1CN(C(=O)c2cnn(Cc3ccccc3)c2)CC12CN(C(=O)C1(C)CC1)C2)[C@@H](C)OCc1ccccc1. The molecular formula is C35H42N6O5. The first-order valence-electron chi connectivity index (χ1n) is 15.9. The zero-order valence-corrected chi connectivity index (χ0v) is 26.6. The first-order chi connectivity index (χ1) is 22.1.